The summed E-state index contributed by atoms with van der Waals surface area (Å²) in [6.07, 6.45) is -5.69. The molecule has 0 fully saturated rings. The molecule has 1 atom stereocenters. The molecule has 3 aromatic rings. The maximum Gasteiger partial charge on any atom is 0.388 e. The third kappa shape index (κ3) is 7.33. The van der Waals surface area contributed by atoms with Gasteiger partial charge in [-0.3, -0.25) is 4.79 Å². The Morgan fingerprint density at radius 1 is 1.23 bits per heavy atom. The zero-order valence-electron chi connectivity index (χ0n) is 18.2. The van der Waals surface area contributed by atoms with E-state index in [9.17, 15) is 41.4 Å². The van der Waals surface area contributed by atoms with Gasteiger partial charge in [-0.2, -0.15) is 13.2 Å². The summed E-state index contributed by atoms with van der Waals surface area (Å²) in [5.74, 6) is -3.28. The summed E-state index contributed by atoms with van der Waals surface area (Å²) < 4.78 is 73.9. The van der Waals surface area contributed by atoms with E-state index in [1.807, 2.05) is 0 Å². The lowest BCUT2D eigenvalue weighted by atomic mass is 10.1. The van der Waals surface area contributed by atoms with Crippen molar-refractivity contribution in [2.24, 2.45) is 0 Å². The number of rotatable bonds is 5. The first-order chi connectivity index (χ1) is 16.3. The van der Waals surface area contributed by atoms with E-state index >= 15 is 0 Å². The van der Waals surface area contributed by atoms with Crippen molar-refractivity contribution in [3.63, 3.8) is 0 Å². The number of carbonyl (C=O) groups is 1. The first-order valence-corrected chi connectivity index (χ1v) is 11.1. The van der Waals surface area contributed by atoms with Crippen LogP contribution in [0.2, 0.25) is 5.02 Å². The molecule has 2 aromatic carbocycles. The fourth-order valence-corrected chi connectivity index (χ4v) is 3.84. The van der Waals surface area contributed by atoms with Crippen LogP contribution in [0.3, 0.4) is 0 Å². The Hall–Kier alpha value is -2.83. The Morgan fingerprint density at radius 3 is 2.34 bits per heavy atom. The van der Waals surface area contributed by atoms with Gasteiger partial charge < -0.3 is 15.5 Å². The molecule has 1 aromatic heterocycles. The summed E-state index contributed by atoms with van der Waals surface area (Å²) in [6, 6.07) is 5.50. The molecule has 0 bridgehead atoms. The first kappa shape index (κ1) is 28.4. The van der Waals surface area contributed by atoms with Crippen LogP contribution in [-0.4, -0.2) is 27.3 Å². The molecule has 0 radical (unpaired) electrons. The summed E-state index contributed by atoms with van der Waals surface area (Å²) >= 11 is 6.71. The van der Waals surface area contributed by atoms with Crippen molar-refractivity contribution < 1.29 is 41.4 Å². The minimum atomic E-state index is -3.96. The van der Waals surface area contributed by atoms with E-state index < -0.39 is 54.2 Å². The van der Waals surface area contributed by atoms with Gasteiger partial charge in [-0.05, 0) is 31.2 Å². The lowest BCUT2D eigenvalue weighted by molar-refractivity contribution is -0.130. The summed E-state index contributed by atoms with van der Waals surface area (Å²) in [5, 5.41) is 22.1. The quantitative estimate of drug-likeness (QED) is 0.299. The number of thiazole rings is 1. The van der Waals surface area contributed by atoms with Crippen molar-refractivity contribution in [3.8, 4) is 16.3 Å². The van der Waals surface area contributed by atoms with E-state index in [4.69, 9.17) is 11.6 Å². The second kappa shape index (κ2) is 11.7. The molecule has 13 heteroatoms. The van der Waals surface area contributed by atoms with Gasteiger partial charge in [-0.15, -0.1) is 11.3 Å². The van der Waals surface area contributed by atoms with Crippen molar-refractivity contribution >= 4 is 34.5 Å². The number of benzene rings is 2. The Kier molecular flexibility index (Phi) is 9.52. The van der Waals surface area contributed by atoms with Crippen molar-refractivity contribution in [1.82, 2.24) is 4.98 Å². The number of para-hydroxylation sites is 1. The fraction of sp³-hybridized carbons (Fsp3) is 0.273. The standard InChI is InChI=1S/C19H14ClF3N2O3S.C3H5F3/c1-8(26)17-14(7-21)24-19(29-17)9-6-15(27)10(5-13(9)23)18(28)25-16-11(20)3-2-4-12(16)22;1-2-3(4,5)6/h2-6,8,26-27H,7H2,1H3,(H,25,28);2H2,1H3. The molecule has 0 aliphatic heterocycles. The molecular weight excluding hydrogens is 522 g/mol. The number of alkyl halides is 4. The summed E-state index contributed by atoms with van der Waals surface area (Å²) in [5.41, 5.74) is -0.967. The summed E-state index contributed by atoms with van der Waals surface area (Å²) in [7, 11) is 0. The van der Waals surface area contributed by atoms with Crippen LogP contribution in [0.5, 0.6) is 5.75 Å². The van der Waals surface area contributed by atoms with E-state index in [0.29, 0.717) is 0 Å². The van der Waals surface area contributed by atoms with Gasteiger partial charge in [0, 0.05) is 12.0 Å². The van der Waals surface area contributed by atoms with Crippen LogP contribution in [0, 0.1) is 11.6 Å². The number of nitrogens with zero attached hydrogens (tertiary/aromatic N) is 1. The number of aliphatic hydroxyl groups is 1. The Labute approximate surface area is 205 Å². The van der Waals surface area contributed by atoms with Crippen molar-refractivity contribution in [1.29, 1.82) is 0 Å². The number of amides is 1. The van der Waals surface area contributed by atoms with Gasteiger partial charge >= 0.3 is 6.18 Å². The average Bonchev–Trinajstić information content (AvgIpc) is 3.22. The SMILES string of the molecule is CC(O)c1sc(-c2cc(O)c(C(=O)Nc3c(F)cccc3Cl)cc2F)nc1CF.CCC(F)(F)F. The number of anilines is 1. The monoisotopic (exact) mass is 540 g/mol. The van der Waals surface area contributed by atoms with E-state index in [1.165, 1.54) is 19.1 Å². The number of phenols is 1. The number of aromatic nitrogens is 1. The highest BCUT2D eigenvalue weighted by molar-refractivity contribution is 7.15. The summed E-state index contributed by atoms with van der Waals surface area (Å²) in [6.45, 7) is 1.56. The number of phenolic OH excluding ortho intramolecular Hbond substituents is 1. The zero-order valence-corrected chi connectivity index (χ0v) is 19.8. The van der Waals surface area contributed by atoms with E-state index in [2.05, 4.69) is 10.3 Å². The van der Waals surface area contributed by atoms with Gasteiger partial charge in [0.1, 0.15) is 29.1 Å². The Morgan fingerprint density at radius 2 is 1.86 bits per heavy atom. The molecule has 0 spiro atoms. The number of carbonyl (C=O) groups excluding carboxylic acids is 1. The Bertz CT molecular complexity index is 1180. The molecular formula is C22H19ClF6N2O3S. The minimum Gasteiger partial charge on any atom is -0.507 e. The smallest absolute Gasteiger partial charge is 0.388 e. The molecule has 1 heterocycles. The van der Waals surface area contributed by atoms with Crippen LogP contribution in [0.1, 0.15) is 47.3 Å². The molecule has 0 aliphatic rings. The van der Waals surface area contributed by atoms with Gasteiger partial charge in [0.25, 0.3) is 5.91 Å². The summed E-state index contributed by atoms with van der Waals surface area (Å²) in [4.78, 5) is 16.6. The second-order valence-electron chi connectivity index (χ2n) is 7.01. The topological polar surface area (TPSA) is 82.5 Å². The van der Waals surface area contributed by atoms with Crippen LogP contribution >= 0.6 is 22.9 Å². The highest BCUT2D eigenvalue weighted by Crippen LogP contribution is 2.37. The van der Waals surface area contributed by atoms with Gasteiger partial charge in [0.15, 0.2) is 0 Å². The maximum atomic E-state index is 14.6. The highest BCUT2D eigenvalue weighted by atomic mass is 35.5. The molecule has 1 unspecified atom stereocenters. The van der Waals surface area contributed by atoms with Crippen molar-refractivity contribution in [3.05, 3.63) is 63.1 Å². The first-order valence-electron chi connectivity index (χ1n) is 9.87. The molecule has 0 saturated heterocycles. The molecule has 1 amide bonds. The predicted octanol–water partition coefficient (Wildman–Crippen LogP) is 7.18. The minimum absolute atomic E-state index is 0.0325. The lowest BCUT2D eigenvalue weighted by Crippen LogP contribution is -2.14. The van der Waals surface area contributed by atoms with Crippen LogP contribution in [0.15, 0.2) is 30.3 Å². The number of aromatic hydroxyl groups is 1. The van der Waals surface area contributed by atoms with Crippen LogP contribution in [0.4, 0.5) is 32.0 Å². The molecule has 190 valence electrons. The number of halogens is 7. The van der Waals surface area contributed by atoms with Gasteiger partial charge in [-0.25, -0.2) is 18.2 Å². The molecule has 3 N–H and O–H groups in total. The van der Waals surface area contributed by atoms with Crippen LogP contribution < -0.4 is 5.32 Å². The lowest BCUT2D eigenvalue weighted by Gasteiger charge is -2.10. The van der Waals surface area contributed by atoms with Gasteiger partial charge in [0.05, 0.1) is 32.9 Å². The van der Waals surface area contributed by atoms with E-state index in [-0.39, 0.29) is 31.9 Å². The second-order valence-corrected chi connectivity index (χ2v) is 8.45. The number of nitrogens with one attached hydrogen (secondary N) is 1. The molecule has 35 heavy (non-hydrogen) atoms. The van der Waals surface area contributed by atoms with Crippen LogP contribution in [-0.2, 0) is 6.67 Å². The maximum absolute atomic E-state index is 14.6. The third-order valence-corrected chi connectivity index (χ3v) is 6.01. The largest absolute Gasteiger partial charge is 0.507 e. The molecule has 0 aliphatic carbocycles. The highest BCUT2D eigenvalue weighted by Gasteiger charge is 2.23. The molecule has 3 rings (SSSR count). The zero-order chi connectivity index (χ0) is 26.5. The van der Waals surface area contributed by atoms with Gasteiger partial charge in [0.2, 0.25) is 0 Å². The molecule has 5 nitrogen and oxygen atoms in total. The van der Waals surface area contributed by atoms with Crippen molar-refractivity contribution in [2.75, 3.05) is 5.32 Å². The Balaban J connectivity index is 0.000000641. The third-order valence-electron chi connectivity index (χ3n) is 4.40. The number of hydrogen-bond donors (Lipinski definition) is 3. The number of aliphatic hydroxyl groups excluding tert-OH is 1. The molecule has 0 saturated carbocycles. The number of hydrogen-bond acceptors (Lipinski definition) is 5. The van der Waals surface area contributed by atoms with Crippen LogP contribution in [0.25, 0.3) is 10.6 Å². The van der Waals surface area contributed by atoms with E-state index in [0.717, 1.165) is 36.5 Å². The predicted molar refractivity (Wildman–Crippen MR) is 120 cm³/mol. The fourth-order valence-electron chi connectivity index (χ4n) is 2.61. The van der Waals surface area contributed by atoms with Gasteiger partial charge in [-0.1, -0.05) is 24.6 Å². The van der Waals surface area contributed by atoms with Crippen molar-refractivity contribution in [2.45, 2.75) is 39.2 Å². The van der Waals surface area contributed by atoms with E-state index in [1.54, 1.807) is 0 Å². The average molecular weight is 541 g/mol. The normalized spacial score (nSPS) is 12.1.